The van der Waals surface area contributed by atoms with Gasteiger partial charge in [-0.05, 0) is 69.0 Å². The van der Waals surface area contributed by atoms with Crippen molar-refractivity contribution in [1.82, 2.24) is 15.5 Å². The van der Waals surface area contributed by atoms with E-state index in [9.17, 15) is 24.6 Å². The molecule has 3 amide bonds. The highest BCUT2D eigenvalue weighted by Gasteiger charge is 2.49. The van der Waals surface area contributed by atoms with Crippen LogP contribution in [0.4, 0.5) is 0 Å². The number of phenols is 1. The molecule has 3 aromatic rings. The van der Waals surface area contributed by atoms with Crippen LogP contribution in [-0.2, 0) is 22.6 Å². The van der Waals surface area contributed by atoms with Gasteiger partial charge in [-0.3, -0.25) is 14.4 Å². The van der Waals surface area contributed by atoms with E-state index in [-0.39, 0.29) is 36.1 Å². The molecule has 1 saturated heterocycles. The summed E-state index contributed by atoms with van der Waals surface area (Å²) < 4.78 is 5.08. The minimum absolute atomic E-state index is 0.0285. The van der Waals surface area contributed by atoms with Gasteiger partial charge in [-0.2, -0.15) is 0 Å². The van der Waals surface area contributed by atoms with Crippen LogP contribution in [0.1, 0.15) is 54.2 Å². The molecule has 9 nitrogen and oxygen atoms in total. The Morgan fingerprint density at radius 2 is 1.75 bits per heavy atom. The van der Waals surface area contributed by atoms with Gasteiger partial charge < -0.3 is 30.5 Å². The molecular weight excluding hydrogens is 578 g/mol. The van der Waals surface area contributed by atoms with Gasteiger partial charge in [-0.15, -0.1) is 11.8 Å². The molecule has 234 valence electrons. The number of rotatable bonds is 12. The van der Waals surface area contributed by atoms with Crippen LogP contribution < -0.4 is 15.4 Å². The van der Waals surface area contributed by atoms with Crippen LogP contribution in [0.2, 0.25) is 0 Å². The maximum atomic E-state index is 13.9. The molecule has 1 heterocycles. The van der Waals surface area contributed by atoms with E-state index < -0.39 is 34.7 Å². The minimum atomic E-state index is -1.63. The molecule has 4 N–H and O–H groups in total. The van der Waals surface area contributed by atoms with Crippen molar-refractivity contribution in [3.63, 3.8) is 0 Å². The van der Waals surface area contributed by atoms with Gasteiger partial charge in [0.25, 0.3) is 11.8 Å². The van der Waals surface area contributed by atoms with Crippen LogP contribution in [-0.4, -0.2) is 68.3 Å². The first-order valence-electron chi connectivity index (χ1n) is 14.8. The number of hydrogen-bond donors (Lipinski definition) is 4. The molecule has 0 aromatic heterocycles. The molecule has 3 aromatic carbocycles. The van der Waals surface area contributed by atoms with Crippen LogP contribution in [0.25, 0.3) is 0 Å². The Kier molecular flexibility index (Phi) is 10.9. The van der Waals surface area contributed by atoms with Crippen LogP contribution in [0.5, 0.6) is 11.5 Å². The van der Waals surface area contributed by atoms with Gasteiger partial charge in [0.15, 0.2) is 6.10 Å². The Balaban J connectivity index is 1.52. The van der Waals surface area contributed by atoms with Gasteiger partial charge in [-0.25, -0.2) is 0 Å². The Labute approximate surface area is 263 Å². The summed E-state index contributed by atoms with van der Waals surface area (Å²) in [6, 6.07) is 19.5. The number of benzene rings is 3. The summed E-state index contributed by atoms with van der Waals surface area (Å²) in [5, 5.41) is 27.4. The van der Waals surface area contributed by atoms with Crippen LogP contribution in [0, 0.1) is 6.92 Å². The van der Waals surface area contributed by atoms with Crippen molar-refractivity contribution in [3.8, 4) is 11.5 Å². The first kappa shape index (κ1) is 32.9. The average molecular weight is 620 g/mol. The zero-order valence-electron chi connectivity index (χ0n) is 25.6. The normalized spacial score (nSPS) is 17.0. The van der Waals surface area contributed by atoms with E-state index in [0.29, 0.717) is 12.2 Å². The quantitative estimate of drug-likeness (QED) is 0.239. The standard InChI is InChI=1S/C34H41N3O6S/c1-5-17-43-25-14-9-13-24(18-25)20-35-32(41)30-34(3,4)44-21-37(30)33(42)29(39)27(19-23-11-7-6-8-12-23)36-31(40)26-15-10-16-28(38)22(26)2/h6-16,18,27,29-30,38-39H,5,17,19-21H2,1-4H3,(H,35,41)(H,36,40)/t27-,29-,30?/m0/s1. The van der Waals surface area contributed by atoms with Gasteiger partial charge >= 0.3 is 0 Å². The lowest BCUT2D eigenvalue weighted by atomic mass is 9.96. The van der Waals surface area contributed by atoms with Crippen molar-refractivity contribution >= 4 is 29.5 Å². The fourth-order valence-corrected chi connectivity index (χ4v) is 6.37. The number of aromatic hydroxyl groups is 1. The number of aliphatic hydroxyl groups is 1. The summed E-state index contributed by atoms with van der Waals surface area (Å²) in [6.45, 7) is 8.30. The molecule has 10 heteroatoms. The maximum absolute atomic E-state index is 13.9. The van der Waals surface area contributed by atoms with Crippen molar-refractivity contribution in [2.24, 2.45) is 0 Å². The highest BCUT2D eigenvalue weighted by Crippen LogP contribution is 2.40. The average Bonchev–Trinajstić information content (AvgIpc) is 3.34. The van der Waals surface area contributed by atoms with E-state index in [4.69, 9.17) is 4.74 Å². The summed E-state index contributed by atoms with van der Waals surface area (Å²) in [5.74, 6) is -0.603. The highest BCUT2D eigenvalue weighted by molar-refractivity contribution is 8.00. The van der Waals surface area contributed by atoms with Crippen LogP contribution >= 0.6 is 11.8 Å². The van der Waals surface area contributed by atoms with E-state index in [1.54, 1.807) is 19.1 Å². The molecule has 0 bridgehead atoms. The van der Waals surface area contributed by atoms with Gasteiger partial charge in [-0.1, -0.05) is 55.5 Å². The Hall–Kier alpha value is -4.02. The molecular formula is C34H41N3O6S. The number of aliphatic hydroxyl groups excluding tert-OH is 1. The number of nitrogens with zero attached hydrogens (tertiary/aromatic N) is 1. The number of hydrogen-bond acceptors (Lipinski definition) is 7. The number of nitrogens with one attached hydrogen (secondary N) is 2. The topological polar surface area (TPSA) is 128 Å². The van der Waals surface area contributed by atoms with Gasteiger partial charge in [0.05, 0.1) is 18.5 Å². The van der Waals surface area contributed by atoms with E-state index in [2.05, 4.69) is 10.6 Å². The molecule has 1 aliphatic rings. The molecule has 1 fully saturated rings. The Morgan fingerprint density at radius 3 is 2.48 bits per heavy atom. The summed E-state index contributed by atoms with van der Waals surface area (Å²) >= 11 is 1.45. The van der Waals surface area contributed by atoms with Crippen molar-refractivity contribution in [1.29, 1.82) is 0 Å². The third-order valence-corrected chi connectivity index (χ3v) is 9.09. The van der Waals surface area contributed by atoms with Crippen molar-refractivity contribution in [2.45, 2.75) is 70.0 Å². The molecule has 3 atom stereocenters. The third-order valence-electron chi connectivity index (χ3n) is 7.71. The second-order valence-electron chi connectivity index (χ2n) is 11.5. The van der Waals surface area contributed by atoms with E-state index in [1.165, 1.54) is 22.7 Å². The van der Waals surface area contributed by atoms with Gasteiger partial charge in [0, 0.05) is 22.4 Å². The number of ether oxygens (including phenoxy) is 1. The van der Waals surface area contributed by atoms with Crippen molar-refractivity contribution in [2.75, 3.05) is 12.5 Å². The third kappa shape index (κ3) is 7.92. The highest BCUT2D eigenvalue weighted by atomic mass is 32.2. The molecule has 1 unspecified atom stereocenters. The second-order valence-corrected chi connectivity index (χ2v) is 13.1. The van der Waals surface area contributed by atoms with Crippen molar-refractivity contribution < 1.29 is 29.3 Å². The predicted molar refractivity (Wildman–Crippen MR) is 171 cm³/mol. The number of amides is 3. The SMILES string of the molecule is CCCOc1cccc(CNC(=O)C2N(C(=O)[C@@H](O)[C@H](Cc3ccccc3)NC(=O)c3cccc(O)c3C)CSC2(C)C)c1. The Morgan fingerprint density at radius 1 is 1.05 bits per heavy atom. The van der Waals surface area contributed by atoms with Crippen LogP contribution in [0.3, 0.4) is 0 Å². The smallest absolute Gasteiger partial charge is 0.254 e. The summed E-state index contributed by atoms with van der Waals surface area (Å²) in [4.78, 5) is 42.2. The largest absolute Gasteiger partial charge is 0.508 e. The van der Waals surface area contributed by atoms with E-state index >= 15 is 0 Å². The Bertz CT molecular complexity index is 1460. The fourth-order valence-electron chi connectivity index (χ4n) is 5.23. The zero-order chi connectivity index (χ0) is 31.9. The molecule has 44 heavy (non-hydrogen) atoms. The number of thioether (sulfide) groups is 1. The first-order valence-corrected chi connectivity index (χ1v) is 15.8. The second kappa shape index (κ2) is 14.6. The number of carbonyl (C=O) groups excluding carboxylic acids is 3. The lowest BCUT2D eigenvalue weighted by molar-refractivity contribution is -0.147. The van der Waals surface area contributed by atoms with Crippen LogP contribution in [0.15, 0.2) is 72.8 Å². The minimum Gasteiger partial charge on any atom is -0.508 e. The van der Waals surface area contributed by atoms with E-state index in [0.717, 1.165) is 23.3 Å². The predicted octanol–water partition coefficient (Wildman–Crippen LogP) is 4.19. The molecule has 0 radical (unpaired) electrons. The van der Waals surface area contributed by atoms with Gasteiger partial charge in [0.2, 0.25) is 5.91 Å². The fraction of sp³-hybridized carbons (Fsp3) is 0.382. The zero-order valence-corrected chi connectivity index (χ0v) is 26.4. The molecule has 4 rings (SSSR count). The first-order chi connectivity index (χ1) is 21.0. The lowest BCUT2D eigenvalue weighted by Crippen LogP contribution is -2.58. The molecule has 0 spiro atoms. The maximum Gasteiger partial charge on any atom is 0.254 e. The molecule has 0 aliphatic carbocycles. The molecule has 0 saturated carbocycles. The monoisotopic (exact) mass is 619 g/mol. The number of carbonyl (C=O) groups is 3. The summed E-state index contributed by atoms with van der Waals surface area (Å²) in [6.07, 6.45) is -0.570. The number of phenolic OH excluding ortho intramolecular Hbond substituents is 1. The molecule has 1 aliphatic heterocycles. The summed E-state index contributed by atoms with van der Waals surface area (Å²) in [7, 11) is 0. The van der Waals surface area contributed by atoms with Gasteiger partial charge in [0.1, 0.15) is 17.5 Å². The lowest BCUT2D eigenvalue weighted by Gasteiger charge is -2.33. The van der Waals surface area contributed by atoms with E-state index in [1.807, 2.05) is 75.4 Å². The summed E-state index contributed by atoms with van der Waals surface area (Å²) in [5.41, 5.74) is 2.30. The van der Waals surface area contributed by atoms with Crippen molar-refractivity contribution in [3.05, 3.63) is 95.1 Å².